The SMILES string of the molecule is C=C(C#N)/C=C(\C=N)c1ccc(-c2cccc3c(-c4ccc(C(/C=C\C)=C/NC#N)cc4)cccc23)cc1. The summed E-state index contributed by atoms with van der Waals surface area (Å²) in [5, 5.41) is 30.5. The molecule has 2 N–H and O–H groups in total. The molecule has 0 heterocycles. The summed E-state index contributed by atoms with van der Waals surface area (Å²) in [5.74, 6) is 0. The van der Waals surface area contributed by atoms with Gasteiger partial charge in [0.05, 0.1) is 6.07 Å². The number of allylic oxidation sites excluding steroid dienone is 6. The Bertz CT molecular complexity index is 1670. The van der Waals surface area contributed by atoms with E-state index in [1.807, 2.05) is 55.6 Å². The van der Waals surface area contributed by atoms with E-state index >= 15 is 0 Å². The minimum atomic E-state index is 0.315. The number of hydrogen-bond acceptors (Lipinski definition) is 4. The first-order valence-corrected chi connectivity index (χ1v) is 12.1. The Morgan fingerprint density at radius 2 is 1.32 bits per heavy atom. The van der Waals surface area contributed by atoms with Crippen LogP contribution in [0, 0.1) is 28.2 Å². The van der Waals surface area contributed by atoms with Gasteiger partial charge in [-0.25, -0.2) is 0 Å². The predicted octanol–water partition coefficient (Wildman–Crippen LogP) is 8.27. The fourth-order valence-electron chi connectivity index (χ4n) is 4.44. The van der Waals surface area contributed by atoms with Crippen molar-refractivity contribution in [2.75, 3.05) is 0 Å². The van der Waals surface area contributed by atoms with Gasteiger partial charge in [0.25, 0.3) is 0 Å². The van der Waals surface area contributed by atoms with Crippen LogP contribution in [-0.4, -0.2) is 6.21 Å². The highest BCUT2D eigenvalue weighted by atomic mass is 14.8. The number of benzene rings is 4. The van der Waals surface area contributed by atoms with Crippen LogP contribution in [0.2, 0.25) is 0 Å². The van der Waals surface area contributed by atoms with Gasteiger partial charge in [-0.05, 0) is 62.7 Å². The molecule has 0 radical (unpaired) electrons. The molecule has 38 heavy (non-hydrogen) atoms. The number of nitriles is 2. The molecule has 0 fully saturated rings. The van der Waals surface area contributed by atoms with Crippen molar-refractivity contribution >= 4 is 28.1 Å². The summed E-state index contributed by atoms with van der Waals surface area (Å²) in [6, 6.07) is 31.0. The molecule has 0 saturated carbocycles. The zero-order valence-electron chi connectivity index (χ0n) is 21.1. The Balaban J connectivity index is 1.72. The zero-order valence-corrected chi connectivity index (χ0v) is 21.1. The van der Waals surface area contributed by atoms with Crippen molar-refractivity contribution in [1.82, 2.24) is 5.32 Å². The highest BCUT2D eigenvalue weighted by molar-refractivity contribution is 6.09. The normalized spacial score (nSPS) is 11.7. The van der Waals surface area contributed by atoms with Crippen molar-refractivity contribution in [2.24, 2.45) is 0 Å². The van der Waals surface area contributed by atoms with Gasteiger partial charge in [0.1, 0.15) is 0 Å². The predicted molar refractivity (Wildman–Crippen MR) is 158 cm³/mol. The fraction of sp³-hybridized carbons (Fsp3) is 0.0294. The molecule has 0 saturated heterocycles. The average Bonchev–Trinajstić information content (AvgIpc) is 2.97. The maximum atomic E-state index is 9.03. The Morgan fingerprint density at radius 1 is 0.789 bits per heavy atom. The van der Waals surface area contributed by atoms with E-state index < -0.39 is 0 Å². The number of nitrogens with zero attached hydrogens (tertiary/aromatic N) is 2. The van der Waals surface area contributed by atoms with Gasteiger partial charge in [-0.15, -0.1) is 0 Å². The lowest BCUT2D eigenvalue weighted by molar-refractivity contribution is 1.20. The van der Waals surface area contributed by atoms with E-state index in [2.05, 4.69) is 72.6 Å². The molecule has 0 aromatic heterocycles. The first kappa shape index (κ1) is 25.6. The maximum Gasteiger partial charge on any atom is 0.180 e. The second-order valence-corrected chi connectivity index (χ2v) is 8.60. The molecule has 0 spiro atoms. The molecule has 0 unspecified atom stereocenters. The molecule has 4 aromatic carbocycles. The van der Waals surface area contributed by atoms with Crippen LogP contribution in [0.25, 0.3) is 44.2 Å². The third kappa shape index (κ3) is 5.51. The average molecular weight is 491 g/mol. The Hall–Kier alpha value is -5.45. The molecular weight excluding hydrogens is 464 g/mol. The lowest BCUT2D eigenvalue weighted by Crippen LogP contribution is -1.94. The summed E-state index contributed by atoms with van der Waals surface area (Å²) in [7, 11) is 0. The summed E-state index contributed by atoms with van der Waals surface area (Å²) in [6.45, 7) is 5.64. The lowest BCUT2D eigenvalue weighted by atomic mass is 9.91. The summed E-state index contributed by atoms with van der Waals surface area (Å²) >= 11 is 0. The molecule has 0 atom stereocenters. The van der Waals surface area contributed by atoms with Crippen LogP contribution in [0.3, 0.4) is 0 Å². The highest BCUT2D eigenvalue weighted by Gasteiger charge is 2.10. The van der Waals surface area contributed by atoms with Crippen LogP contribution < -0.4 is 5.32 Å². The molecule has 0 amide bonds. The van der Waals surface area contributed by atoms with Crippen molar-refractivity contribution in [2.45, 2.75) is 6.92 Å². The van der Waals surface area contributed by atoms with E-state index in [1.165, 1.54) is 6.21 Å². The van der Waals surface area contributed by atoms with Crippen LogP contribution in [0.5, 0.6) is 0 Å². The van der Waals surface area contributed by atoms with E-state index in [0.29, 0.717) is 11.1 Å². The van der Waals surface area contributed by atoms with Gasteiger partial charge < -0.3 is 5.41 Å². The summed E-state index contributed by atoms with van der Waals surface area (Å²) in [6.07, 6.45) is 10.4. The molecule has 4 aromatic rings. The largest absolute Gasteiger partial charge is 0.308 e. The quantitative estimate of drug-likeness (QED) is 0.0857. The van der Waals surface area contributed by atoms with Gasteiger partial charge in [-0.2, -0.15) is 10.5 Å². The van der Waals surface area contributed by atoms with Crippen molar-refractivity contribution < 1.29 is 0 Å². The minimum Gasteiger partial charge on any atom is -0.308 e. The second-order valence-electron chi connectivity index (χ2n) is 8.60. The molecule has 182 valence electrons. The van der Waals surface area contributed by atoms with E-state index in [0.717, 1.165) is 49.7 Å². The number of rotatable bonds is 8. The zero-order chi connectivity index (χ0) is 26.9. The number of nitrogens with one attached hydrogen (secondary N) is 2. The second kappa shape index (κ2) is 12.0. The summed E-state index contributed by atoms with van der Waals surface area (Å²) < 4.78 is 0. The number of fused-ring (bicyclic) bond motifs is 1. The molecule has 0 bridgehead atoms. The van der Waals surface area contributed by atoms with Crippen molar-refractivity contribution in [1.29, 1.82) is 15.9 Å². The highest BCUT2D eigenvalue weighted by Crippen LogP contribution is 2.35. The van der Waals surface area contributed by atoms with E-state index in [1.54, 1.807) is 12.3 Å². The summed E-state index contributed by atoms with van der Waals surface area (Å²) in [4.78, 5) is 0. The van der Waals surface area contributed by atoms with Crippen LogP contribution >= 0.6 is 0 Å². The minimum absolute atomic E-state index is 0.315. The van der Waals surface area contributed by atoms with Crippen molar-refractivity contribution in [3.8, 4) is 34.5 Å². The Morgan fingerprint density at radius 3 is 1.76 bits per heavy atom. The van der Waals surface area contributed by atoms with Gasteiger partial charge in [-0.3, -0.25) is 5.32 Å². The molecule has 0 aliphatic heterocycles. The van der Waals surface area contributed by atoms with Crippen LogP contribution in [0.15, 0.2) is 122 Å². The Labute approximate surface area is 223 Å². The lowest BCUT2D eigenvalue weighted by Gasteiger charge is -2.13. The first-order chi connectivity index (χ1) is 18.6. The van der Waals surface area contributed by atoms with E-state index in [4.69, 9.17) is 15.9 Å². The van der Waals surface area contributed by atoms with E-state index in [9.17, 15) is 0 Å². The molecule has 4 nitrogen and oxygen atoms in total. The number of hydrogen-bond donors (Lipinski definition) is 2. The van der Waals surface area contributed by atoms with Crippen LogP contribution in [0.1, 0.15) is 18.1 Å². The van der Waals surface area contributed by atoms with Gasteiger partial charge in [0.15, 0.2) is 6.19 Å². The van der Waals surface area contributed by atoms with E-state index in [-0.39, 0.29) is 0 Å². The first-order valence-electron chi connectivity index (χ1n) is 12.1. The van der Waals surface area contributed by atoms with Crippen LogP contribution in [0.4, 0.5) is 0 Å². The maximum absolute atomic E-state index is 9.03. The van der Waals surface area contributed by atoms with Gasteiger partial charge in [0, 0.05) is 23.6 Å². The van der Waals surface area contributed by atoms with Crippen LogP contribution in [-0.2, 0) is 0 Å². The smallest absolute Gasteiger partial charge is 0.180 e. The topological polar surface area (TPSA) is 83.5 Å². The summed E-state index contributed by atoms with van der Waals surface area (Å²) in [5.41, 5.74) is 8.21. The molecule has 4 rings (SSSR count). The molecule has 4 heteroatoms. The van der Waals surface area contributed by atoms with Crippen molar-refractivity contribution in [3.63, 3.8) is 0 Å². The molecular formula is C34H26N4. The molecule has 0 aliphatic carbocycles. The monoisotopic (exact) mass is 490 g/mol. The van der Waals surface area contributed by atoms with Gasteiger partial charge in [0.2, 0.25) is 0 Å². The fourth-order valence-corrected chi connectivity index (χ4v) is 4.44. The third-order valence-electron chi connectivity index (χ3n) is 6.25. The van der Waals surface area contributed by atoms with Gasteiger partial charge in [-0.1, -0.05) is 104 Å². The standard InChI is InChI=1S/C34H26N4/c1-3-6-29(22-38-23-37)25-11-15-27(16-12-25)31-7-4-10-34-32(8-5-9-33(31)34)28-17-13-26(14-18-28)30(21-36)19-24(2)20-35/h3-19,21-22,36,38H,2H2,1H3/b6-3-,29-22+,30-19+,36-21?. The van der Waals surface area contributed by atoms with Crippen molar-refractivity contribution in [3.05, 3.63) is 133 Å². The third-order valence-corrected chi connectivity index (χ3v) is 6.25. The van der Waals surface area contributed by atoms with Gasteiger partial charge >= 0.3 is 0 Å². The Kier molecular flexibility index (Phi) is 8.09. The molecule has 0 aliphatic rings.